The van der Waals surface area contributed by atoms with Gasteiger partial charge in [0.1, 0.15) is 12.7 Å². The van der Waals surface area contributed by atoms with Crippen LogP contribution in [-0.2, 0) is 19.1 Å². The maximum Gasteiger partial charge on any atom is 0.331 e. The largest absolute Gasteiger partial charge is 0.461 e. The number of nitro groups is 1. The number of hydrogen-bond acceptors (Lipinski definition) is 6. The zero-order valence-corrected chi connectivity index (χ0v) is 11.3. The Morgan fingerprint density at radius 3 is 2.67 bits per heavy atom. The highest BCUT2D eigenvalue weighted by molar-refractivity contribution is 5.84. The number of ether oxygens (including phenoxy) is 2. The fraction of sp³-hybridized carbons (Fsp3) is 0.286. The van der Waals surface area contributed by atoms with Crippen LogP contribution in [0.2, 0.25) is 0 Å². The maximum atomic E-state index is 11.5. The molecular formula is C14H13NO6. The quantitative estimate of drug-likeness (QED) is 0.478. The molecule has 0 aromatic heterocycles. The SMILES string of the molecule is CC(=O)OCC1=CC(=O)OC(c2ccc([N+](=O)[O-])cc2)C1. The summed E-state index contributed by atoms with van der Waals surface area (Å²) in [5.41, 5.74) is 1.27. The van der Waals surface area contributed by atoms with Gasteiger partial charge in [-0.05, 0) is 23.3 Å². The minimum Gasteiger partial charge on any atom is -0.461 e. The number of rotatable bonds is 4. The average Bonchev–Trinajstić information content (AvgIpc) is 2.44. The van der Waals surface area contributed by atoms with Crippen molar-refractivity contribution in [1.29, 1.82) is 0 Å². The fourth-order valence-corrected chi connectivity index (χ4v) is 1.97. The van der Waals surface area contributed by atoms with Crippen LogP contribution in [0.1, 0.15) is 25.0 Å². The van der Waals surface area contributed by atoms with E-state index in [4.69, 9.17) is 9.47 Å². The minimum absolute atomic E-state index is 0.0310. The number of cyclic esters (lactones) is 1. The molecule has 0 spiro atoms. The van der Waals surface area contributed by atoms with Crippen LogP contribution in [-0.4, -0.2) is 23.5 Å². The molecule has 0 fully saturated rings. The smallest absolute Gasteiger partial charge is 0.331 e. The highest BCUT2D eigenvalue weighted by Gasteiger charge is 2.24. The van der Waals surface area contributed by atoms with Gasteiger partial charge in [0.2, 0.25) is 0 Å². The van der Waals surface area contributed by atoms with Crippen molar-refractivity contribution in [2.45, 2.75) is 19.4 Å². The van der Waals surface area contributed by atoms with Gasteiger partial charge >= 0.3 is 11.9 Å². The van der Waals surface area contributed by atoms with Gasteiger partial charge in [0.05, 0.1) is 4.92 Å². The van der Waals surface area contributed by atoms with E-state index in [1.165, 1.54) is 25.1 Å². The lowest BCUT2D eigenvalue weighted by Gasteiger charge is -2.23. The minimum atomic E-state index is -0.533. The van der Waals surface area contributed by atoms with Crippen molar-refractivity contribution in [2.24, 2.45) is 0 Å². The number of esters is 2. The molecule has 7 heteroatoms. The molecule has 110 valence electrons. The van der Waals surface area contributed by atoms with Crippen molar-refractivity contribution >= 4 is 17.6 Å². The molecule has 0 amide bonds. The van der Waals surface area contributed by atoms with Gasteiger partial charge in [-0.1, -0.05) is 0 Å². The third-order valence-electron chi connectivity index (χ3n) is 2.96. The summed E-state index contributed by atoms with van der Waals surface area (Å²) in [6, 6.07) is 5.80. The topological polar surface area (TPSA) is 95.7 Å². The Bertz CT molecular complexity index is 604. The second kappa shape index (κ2) is 6.17. The molecule has 1 atom stereocenters. The Balaban J connectivity index is 2.10. The van der Waals surface area contributed by atoms with Gasteiger partial charge in [-0.15, -0.1) is 0 Å². The summed E-state index contributed by atoms with van der Waals surface area (Å²) < 4.78 is 10.0. The van der Waals surface area contributed by atoms with E-state index in [-0.39, 0.29) is 12.3 Å². The molecule has 0 aliphatic carbocycles. The summed E-state index contributed by atoms with van der Waals surface area (Å²) >= 11 is 0. The highest BCUT2D eigenvalue weighted by Crippen LogP contribution is 2.30. The third-order valence-corrected chi connectivity index (χ3v) is 2.96. The molecule has 2 rings (SSSR count). The van der Waals surface area contributed by atoms with Crippen molar-refractivity contribution < 1.29 is 24.0 Å². The summed E-state index contributed by atoms with van der Waals surface area (Å²) in [6.07, 6.45) is 1.15. The number of benzene rings is 1. The standard InChI is InChI=1S/C14H13NO6/c1-9(16)20-8-10-6-13(21-14(17)7-10)11-2-4-12(5-3-11)15(18)19/h2-5,7,13H,6,8H2,1H3. The molecule has 0 saturated carbocycles. The molecule has 1 heterocycles. The molecule has 1 unspecified atom stereocenters. The van der Waals surface area contributed by atoms with Crippen LogP contribution in [0.25, 0.3) is 0 Å². The molecular weight excluding hydrogens is 278 g/mol. The monoisotopic (exact) mass is 291 g/mol. The second-order valence-corrected chi connectivity index (χ2v) is 4.56. The number of non-ortho nitro benzene ring substituents is 1. The van der Waals surface area contributed by atoms with Crippen LogP contribution in [0, 0.1) is 10.1 Å². The van der Waals surface area contributed by atoms with E-state index in [9.17, 15) is 19.7 Å². The Morgan fingerprint density at radius 1 is 1.43 bits per heavy atom. The number of nitrogens with zero attached hydrogens (tertiary/aromatic N) is 1. The fourth-order valence-electron chi connectivity index (χ4n) is 1.97. The molecule has 0 radical (unpaired) electrons. The Morgan fingerprint density at radius 2 is 2.10 bits per heavy atom. The highest BCUT2D eigenvalue weighted by atomic mass is 16.6. The molecule has 1 aromatic rings. The lowest BCUT2D eigenvalue weighted by Crippen LogP contribution is -2.19. The van der Waals surface area contributed by atoms with Crippen molar-refractivity contribution in [3.63, 3.8) is 0 Å². The summed E-state index contributed by atoms with van der Waals surface area (Å²) in [5.74, 6) is -0.950. The molecule has 21 heavy (non-hydrogen) atoms. The lowest BCUT2D eigenvalue weighted by atomic mass is 9.99. The Labute approximate surface area is 120 Å². The summed E-state index contributed by atoms with van der Waals surface area (Å²) in [7, 11) is 0. The molecule has 0 bridgehead atoms. The summed E-state index contributed by atoms with van der Waals surface area (Å²) in [5, 5.41) is 10.6. The van der Waals surface area contributed by atoms with Gasteiger partial charge in [0, 0.05) is 31.6 Å². The van der Waals surface area contributed by atoms with Gasteiger partial charge in [0.15, 0.2) is 0 Å². The first-order valence-corrected chi connectivity index (χ1v) is 6.23. The first kappa shape index (κ1) is 14.7. The van der Waals surface area contributed by atoms with E-state index >= 15 is 0 Å². The first-order chi connectivity index (χ1) is 9.95. The summed E-state index contributed by atoms with van der Waals surface area (Å²) in [6.45, 7) is 1.32. The normalized spacial score (nSPS) is 17.7. The van der Waals surface area contributed by atoms with E-state index in [2.05, 4.69) is 0 Å². The average molecular weight is 291 g/mol. The molecule has 1 aromatic carbocycles. The van der Waals surface area contributed by atoms with Crippen LogP contribution in [0.5, 0.6) is 0 Å². The van der Waals surface area contributed by atoms with Gasteiger partial charge < -0.3 is 9.47 Å². The van der Waals surface area contributed by atoms with E-state index in [1.54, 1.807) is 12.1 Å². The molecule has 1 aliphatic rings. The molecule has 1 aliphatic heterocycles. The van der Waals surface area contributed by atoms with Crippen LogP contribution in [0.15, 0.2) is 35.9 Å². The first-order valence-electron chi connectivity index (χ1n) is 6.23. The number of nitro benzene ring substituents is 1. The molecule has 0 saturated heterocycles. The predicted octanol–water partition coefficient (Wildman–Crippen LogP) is 2.07. The zero-order valence-electron chi connectivity index (χ0n) is 11.3. The van der Waals surface area contributed by atoms with Crippen LogP contribution in [0.4, 0.5) is 5.69 Å². The maximum absolute atomic E-state index is 11.5. The number of hydrogen-bond donors (Lipinski definition) is 0. The van der Waals surface area contributed by atoms with E-state index < -0.39 is 23.0 Å². The zero-order chi connectivity index (χ0) is 15.4. The molecule has 0 N–H and O–H groups in total. The van der Waals surface area contributed by atoms with Crippen molar-refractivity contribution in [2.75, 3.05) is 6.61 Å². The van der Waals surface area contributed by atoms with Crippen molar-refractivity contribution in [3.05, 3.63) is 51.6 Å². The van der Waals surface area contributed by atoms with Gasteiger partial charge in [-0.3, -0.25) is 14.9 Å². The van der Waals surface area contributed by atoms with E-state index in [1.807, 2.05) is 0 Å². The molecule has 7 nitrogen and oxygen atoms in total. The van der Waals surface area contributed by atoms with E-state index in [0.29, 0.717) is 17.6 Å². The number of carbonyl (C=O) groups excluding carboxylic acids is 2. The second-order valence-electron chi connectivity index (χ2n) is 4.56. The van der Waals surface area contributed by atoms with Gasteiger partial charge in [-0.2, -0.15) is 0 Å². The Hall–Kier alpha value is -2.70. The Kier molecular flexibility index (Phi) is 4.32. The predicted molar refractivity (Wildman–Crippen MR) is 71.3 cm³/mol. The lowest BCUT2D eigenvalue weighted by molar-refractivity contribution is -0.384. The summed E-state index contributed by atoms with van der Waals surface area (Å²) in [4.78, 5) is 32.4. The van der Waals surface area contributed by atoms with Gasteiger partial charge in [-0.25, -0.2) is 4.79 Å². The van der Waals surface area contributed by atoms with Crippen LogP contribution < -0.4 is 0 Å². The van der Waals surface area contributed by atoms with Crippen LogP contribution >= 0.6 is 0 Å². The third kappa shape index (κ3) is 3.88. The van der Waals surface area contributed by atoms with Gasteiger partial charge in [0.25, 0.3) is 5.69 Å². The van der Waals surface area contributed by atoms with Crippen molar-refractivity contribution in [1.82, 2.24) is 0 Å². The van der Waals surface area contributed by atoms with Crippen molar-refractivity contribution in [3.8, 4) is 0 Å². The van der Waals surface area contributed by atoms with Crippen LogP contribution in [0.3, 0.4) is 0 Å². The number of carbonyl (C=O) groups is 2. The van der Waals surface area contributed by atoms with E-state index in [0.717, 1.165) is 0 Å².